The maximum absolute atomic E-state index is 12.8. The number of carbonyl (C=O) groups excluding carboxylic acids is 1. The molecular formula is C26H31N7O3. The summed E-state index contributed by atoms with van der Waals surface area (Å²) in [5, 5.41) is 3.81. The number of imidazole rings is 1. The number of ether oxygens (including phenoxy) is 2. The van der Waals surface area contributed by atoms with Crippen LogP contribution in [-0.4, -0.2) is 69.3 Å². The van der Waals surface area contributed by atoms with E-state index in [1.807, 2.05) is 38.1 Å². The zero-order valence-electron chi connectivity index (χ0n) is 20.6. The highest BCUT2D eigenvalue weighted by Crippen LogP contribution is 2.30. The van der Waals surface area contributed by atoms with Crippen LogP contribution in [0.4, 0.5) is 5.82 Å². The van der Waals surface area contributed by atoms with Crippen LogP contribution in [0.3, 0.4) is 0 Å². The quantitative estimate of drug-likeness (QED) is 0.325. The van der Waals surface area contributed by atoms with Gasteiger partial charge < -0.3 is 24.7 Å². The Morgan fingerprint density at radius 2 is 2.14 bits per heavy atom. The zero-order chi connectivity index (χ0) is 24.9. The maximum atomic E-state index is 12.8. The fourth-order valence-corrected chi connectivity index (χ4v) is 4.51. The number of rotatable bonds is 10. The molecule has 0 saturated carbocycles. The minimum absolute atomic E-state index is 0.136. The Labute approximate surface area is 209 Å². The van der Waals surface area contributed by atoms with E-state index in [1.165, 1.54) is 0 Å². The van der Waals surface area contributed by atoms with Crippen molar-refractivity contribution in [2.75, 3.05) is 31.2 Å². The number of fused-ring (bicyclic) bond motifs is 2. The van der Waals surface area contributed by atoms with Crippen LogP contribution in [0.2, 0.25) is 0 Å². The lowest BCUT2D eigenvalue weighted by Gasteiger charge is -2.26. The average molecular weight is 490 g/mol. The van der Waals surface area contributed by atoms with Crippen LogP contribution in [0, 0.1) is 0 Å². The summed E-state index contributed by atoms with van der Waals surface area (Å²) in [7, 11) is 0. The molecule has 4 aromatic rings. The fourth-order valence-electron chi connectivity index (χ4n) is 4.51. The third-order valence-corrected chi connectivity index (χ3v) is 6.25. The smallest absolute Gasteiger partial charge is 0.270 e. The Bertz CT molecular complexity index is 1340. The van der Waals surface area contributed by atoms with E-state index in [0.717, 1.165) is 48.0 Å². The van der Waals surface area contributed by atoms with Crippen LogP contribution in [0.25, 0.3) is 22.1 Å². The number of aromatic nitrogens is 5. The number of amides is 1. The SMILES string of the molecule is CC(C)OCCCNC(=O)c1cc(OC[C@H]2CCCN2c2ncnc3nc[nH]c23)c2ccccc2n1. The number of hydrogen-bond acceptors (Lipinski definition) is 8. The second-order valence-corrected chi connectivity index (χ2v) is 9.15. The first-order chi connectivity index (χ1) is 17.6. The maximum Gasteiger partial charge on any atom is 0.270 e. The van der Waals surface area contributed by atoms with Crippen molar-refractivity contribution in [2.24, 2.45) is 0 Å². The number of para-hydroxylation sites is 1. The normalized spacial score (nSPS) is 15.8. The van der Waals surface area contributed by atoms with Crippen molar-refractivity contribution in [1.29, 1.82) is 0 Å². The van der Waals surface area contributed by atoms with E-state index >= 15 is 0 Å². The molecule has 2 N–H and O–H groups in total. The third kappa shape index (κ3) is 5.23. The standard InChI is InChI=1S/C26H31N7O3/c1-17(2)35-12-6-10-27-26(34)21-13-22(19-8-3-4-9-20(19)32-21)36-14-18-7-5-11-33(18)25-23-24(29-15-28-23)30-16-31-25/h3-4,8-9,13,15-18H,5-7,10-12,14H2,1-2H3,(H,27,34)(H,28,29,30,31)/t18-/m1/s1. The van der Waals surface area contributed by atoms with Crippen LogP contribution < -0.4 is 15.0 Å². The Balaban J connectivity index is 1.31. The number of nitrogens with one attached hydrogen (secondary N) is 2. The predicted molar refractivity (Wildman–Crippen MR) is 137 cm³/mol. The van der Waals surface area contributed by atoms with E-state index in [-0.39, 0.29) is 18.1 Å². The first-order valence-corrected chi connectivity index (χ1v) is 12.4. The number of aromatic amines is 1. The summed E-state index contributed by atoms with van der Waals surface area (Å²) in [6.45, 7) is 6.46. The molecule has 1 aliphatic heterocycles. The second kappa shape index (κ2) is 10.9. The van der Waals surface area contributed by atoms with Gasteiger partial charge in [-0.3, -0.25) is 4.79 Å². The summed E-state index contributed by atoms with van der Waals surface area (Å²) in [4.78, 5) is 35.8. The number of benzene rings is 1. The second-order valence-electron chi connectivity index (χ2n) is 9.15. The molecule has 10 heteroatoms. The van der Waals surface area contributed by atoms with Gasteiger partial charge in [-0.2, -0.15) is 0 Å². The number of carbonyl (C=O) groups is 1. The summed E-state index contributed by atoms with van der Waals surface area (Å²) in [5.41, 5.74) is 2.54. The highest BCUT2D eigenvalue weighted by molar-refractivity contribution is 5.97. The van der Waals surface area contributed by atoms with Crippen molar-refractivity contribution in [3.05, 3.63) is 48.7 Å². The Morgan fingerprint density at radius 1 is 1.25 bits per heavy atom. The van der Waals surface area contributed by atoms with Gasteiger partial charge >= 0.3 is 0 Å². The molecule has 0 bridgehead atoms. The van der Waals surface area contributed by atoms with Crippen molar-refractivity contribution < 1.29 is 14.3 Å². The van der Waals surface area contributed by atoms with Crippen molar-refractivity contribution >= 4 is 33.8 Å². The number of H-pyrrole nitrogens is 1. The predicted octanol–water partition coefficient (Wildman–Crippen LogP) is 3.49. The van der Waals surface area contributed by atoms with Gasteiger partial charge in [-0.15, -0.1) is 0 Å². The van der Waals surface area contributed by atoms with Gasteiger partial charge in [0, 0.05) is 31.1 Å². The highest BCUT2D eigenvalue weighted by Gasteiger charge is 2.28. The van der Waals surface area contributed by atoms with Gasteiger partial charge in [0.1, 0.15) is 29.9 Å². The lowest BCUT2D eigenvalue weighted by atomic mass is 10.1. The van der Waals surface area contributed by atoms with Crippen molar-refractivity contribution in [3.8, 4) is 5.75 Å². The number of hydrogen-bond donors (Lipinski definition) is 2. The van der Waals surface area contributed by atoms with Gasteiger partial charge in [0.2, 0.25) is 0 Å². The molecular weight excluding hydrogens is 458 g/mol. The van der Waals surface area contributed by atoms with Gasteiger partial charge in [0.15, 0.2) is 11.5 Å². The minimum atomic E-state index is -0.222. The van der Waals surface area contributed by atoms with Crippen LogP contribution in [0.5, 0.6) is 5.75 Å². The monoisotopic (exact) mass is 489 g/mol. The van der Waals surface area contributed by atoms with Gasteiger partial charge in [-0.1, -0.05) is 12.1 Å². The summed E-state index contributed by atoms with van der Waals surface area (Å²) >= 11 is 0. The molecule has 1 aliphatic rings. The molecule has 3 aromatic heterocycles. The van der Waals surface area contributed by atoms with Crippen LogP contribution >= 0.6 is 0 Å². The van der Waals surface area contributed by atoms with E-state index in [9.17, 15) is 4.79 Å². The van der Waals surface area contributed by atoms with E-state index < -0.39 is 0 Å². The third-order valence-electron chi connectivity index (χ3n) is 6.25. The van der Waals surface area contributed by atoms with Crippen LogP contribution in [-0.2, 0) is 4.74 Å². The molecule has 4 heterocycles. The highest BCUT2D eigenvalue weighted by atomic mass is 16.5. The summed E-state index contributed by atoms with van der Waals surface area (Å²) in [5.74, 6) is 1.26. The van der Waals surface area contributed by atoms with E-state index in [1.54, 1.807) is 18.7 Å². The van der Waals surface area contributed by atoms with Crippen molar-refractivity contribution in [2.45, 2.75) is 45.3 Å². The molecule has 0 aliphatic carbocycles. The lowest BCUT2D eigenvalue weighted by molar-refractivity contribution is 0.0756. The molecule has 1 saturated heterocycles. The van der Waals surface area contributed by atoms with Gasteiger partial charge in [0.25, 0.3) is 5.91 Å². The van der Waals surface area contributed by atoms with Crippen LogP contribution in [0.1, 0.15) is 43.6 Å². The zero-order valence-corrected chi connectivity index (χ0v) is 20.6. The average Bonchev–Trinajstić information content (AvgIpc) is 3.56. The molecule has 188 valence electrons. The number of nitrogens with zero attached hydrogens (tertiary/aromatic N) is 5. The van der Waals surface area contributed by atoms with Crippen LogP contribution in [0.15, 0.2) is 43.0 Å². The topological polar surface area (TPSA) is 118 Å². The largest absolute Gasteiger partial charge is 0.491 e. The molecule has 10 nitrogen and oxygen atoms in total. The fraction of sp³-hybridized carbons (Fsp3) is 0.423. The van der Waals surface area contributed by atoms with Gasteiger partial charge in [-0.25, -0.2) is 19.9 Å². The van der Waals surface area contributed by atoms with E-state index in [0.29, 0.717) is 36.8 Å². The number of pyridine rings is 1. The summed E-state index contributed by atoms with van der Waals surface area (Å²) < 4.78 is 11.9. The Hall–Kier alpha value is -3.79. The molecule has 0 spiro atoms. The van der Waals surface area contributed by atoms with Gasteiger partial charge in [0.05, 0.1) is 24.0 Å². The molecule has 0 radical (unpaired) electrons. The van der Waals surface area contributed by atoms with Crippen molar-refractivity contribution in [3.63, 3.8) is 0 Å². The molecule has 1 atom stereocenters. The van der Waals surface area contributed by atoms with E-state index in [4.69, 9.17) is 9.47 Å². The molecule has 1 aromatic carbocycles. The molecule has 1 fully saturated rings. The van der Waals surface area contributed by atoms with Gasteiger partial charge in [-0.05, 0) is 45.2 Å². The van der Waals surface area contributed by atoms with E-state index in [2.05, 4.69) is 35.1 Å². The Kier molecular flexibility index (Phi) is 7.22. The Morgan fingerprint density at radius 3 is 3.03 bits per heavy atom. The summed E-state index contributed by atoms with van der Waals surface area (Å²) in [6, 6.07) is 9.59. The molecule has 5 rings (SSSR count). The molecule has 1 amide bonds. The first-order valence-electron chi connectivity index (χ1n) is 12.4. The number of anilines is 1. The first kappa shape index (κ1) is 23.9. The molecule has 36 heavy (non-hydrogen) atoms. The van der Waals surface area contributed by atoms with Crippen molar-refractivity contribution in [1.82, 2.24) is 30.2 Å². The molecule has 0 unspecified atom stereocenters. The minimum Gasteiger partial charge on any atom is -0.491 e. The lowest BCUT2D eigenvalue weighted by Crippen LogP contribution is -2.35. The summed E-state index contributed by atoms with van der Waals surface area (Å²) in [6.07, 6.45) is 6.12.